The van der Waals surface area contributed by atoms with Crippen molar-refractivity contribution in [2.24, 2.45) is 28.1 Å². The molecule has 45 heavy (non-hydrogen) atoms. The summed E-state index contributed by atoms with van der Waals surface area (Å²) >= 11 is 1.23. The van der Waals surface area contributed by atoms with Gasteiger partial charge in [-0.2, -0.15) is 0 Å². The molecular weight excluding hydrogens is 617 g/mol. The Morgan fingerprint density at radius 2 is 1.69 bits per heavy atom. The van der Waals surface area contributed by atoms with E-state index in [9.17, 15) is 22.8 Å². The summed E-state index contributed by atoms with van der Waals surface area (Å²) in [5, 5.41) is 5.53. The highest BCUT2D eigenvalue weighted by atomic mass is 32.2. The highest BCUT2D eigenvalue weighted by molar-refractivity contribution is 7.88. The SMILES string of the molecule is NC(N)=NCCC[C@H](NC(=O)CNC(=O)[C@H](NS(=O)(=O)Cc1ccccc1)C1CCC(N)CC1)C(=O)c1nc2ccccc2s1. The normalized spacial score (nSPS) is 18.1. The Bertz CT molecular complexity index is 1570. The summed E-state index contributed by atoms with van der Waals surface area (Å²) in [5.41, 5.74) is 18.1. The average Bonchev–Trinajstić information content (AvgIpc) is 3.45. The Morgan fingerprint density at radius 1 is 1.00 bits per heavy atom. The molecule has 3 aromatic rings. The van der Waals surface area contributed by atoms with Crippen molar-refractivity contribution in [3.63, 3.8) is 0 Å². The molecule has 13 nitrogen and oxygen atoms in total. The van der Waals surface area contributed by atoms with Crippen molar-refractivity contribution < 1.29 is 22.8 Å². The first kappa shape index (κ1) is 34.0. The fourth-order valence-corrected chi connectivity index (χ4v) is 7.65. The topological polar surface area (TPSA) is 225 Å². The third kappa shape index (κ3) is 10.3. The van der Waals surface area contributed by atoms with Crippen LogP contribution in [-0.4, -0.2) is 68.2 Å². The number of benzene rings is 2. The number of nitrogens with two attached hydrogens (primary N) is 3. The lowest BCUT2D eigenvalue weighted by Gasteiger charge is -2.32. The number of hydrogen-bond donors (Lipinski definition) is 6. The van der Waals surface area contributed by atoms with E-state index in [1.54, 1.807) is 36.4 Å². The van der Waals surface area contributed by atoms with Crippen molar-refractivity contribution in [3.8, 4) is 0 Å². The van der Waals surface area contributed by atoms with Gasteiger partial charge in [0.2, 0.25) is 27.6 Å². The Labute approximate surface area is 266 Å². The lowest BCUT2D eigenvalue weighted by molar-refractivity contribution is -0.128. The molecule has 0 bridgehead atoms. The van der Waals surface area contributed by atoms with Crippen LogP contribution in [0.25, 0.3) is 10.2 Å². The van der Waals surface area contributed by atoms with Crippen LogP contribution in [0.1, 0.15) is 53.9 Å². The van der Waals surface area contributed by atoms with E-state index in [1.807, 2.05) is 18.2 Å². The molecule has 1 aliphatic carbocycles. The first-order valence-corrected chi connectivity index (χ1v) is 17.3. The maximum atomic E-state index is 13.4. The van der Waals surface area contributed by atoms with Crippen LogP contribution in [0.5, 0.6) is 0 Å². The quantitative estimate of drug-likeness (QED) is 0.0596. The van der Waals surface area contributed by atoms with E-state index in [4.69, 9.17) is 17.2 Å². The van der Waals surface area contributed by atoms with Crippen LogP contribution >= 0.6 is 11.3 Å². The Kier molecular flexibility index (Phi) is 12.0. The number of Topliss-reactive ketones (excluding diaryl/α,β-unsaturated/α-hetero) is 1. The van der Waals surface area contributed by atoms with Gasteiger partial charge in [0.05, 0.1) is 28.6 Å². The number of amides is 2. The molecule has 0 radical (unpaired) electrons. The molecule has 2 amide bonds. The van der Waals surface area contributed by atoms with E-state index in [-0.39, 0.29) is 47.4 Å². The van der Waals surface area contributed by atoms with Crippen LogP contribution < -0.4 is 32.6 Å². The van der Waals surface area contributed by atoms with E-state index >= 15 is 0 Å². The number of carbonyl (C=O) groups is 3. The molecule has 1 aromatic heterocycles. The number of aliphatic imine (C=N–C) groups is 1. The van der Waals surface area contributed by atoms with Crippen LogP contribution in [0.4, 0.5) is 0 Å². The third-order valence-electron chi connectivity index (χ3n) is 7.60. The zero-order valence-electron chi connectivity index (χ0n) is 24.9. The van der Waals surface area contributed by atoms with Gasteiger partial charge in [-0.3, -0.25) is 19.4 Å². The van der Waals surface area contributed by atoms with Gasteiger partial charge in [-0.15, -0.1) is 11.3 Å². The first-order chi connectivity index (χ1) is 21.5. The van der Waals surface area contributed by atoms with Crippen molar-refractivity contribution in [1.82, 2.24) is 20.3 Å². The number of sulfonamides is 1. The van der Waals surface area contributed by atoms with Crippen molar-refractivity contribution in [3.05, 3.63) is 65.2 Å². The van der Waals surface area contributed by atoms with Gasteiger partial charge in [-0.05, 0) is 62.1 Å². The number of fused-ring (bicyclic) bond motifs is 1. The van der Waals surface area contributed by atoms with Crippen LogP contribution in [0.2, 0.25) is 0 Å². The minimum atomic E-state index is -3.89. The molecule has 0 saturated heterocycles. The zero-order valence-corrected chi connectivity index (χ0v) is 26.5. The van der Waals surface area contributed by atoms with E-state index in [1.165, 1.54) is 11.3 Å². The lowest BCUT2D eigenvalue weighted by atomic mass is 9.82. The number of rotatable bonds is 15. The van der Waals surface area contributed by atoms with Crippen LogP contribution in [0.3, 0.4) is 0 Å². The average molecular weight is 657 g/mol. The van der Waals surface area contributed by atoms with Gasteiger partial charge in [0.25, 0.3) is 0 Å². The standard InChI is InChI=1S/C30H40N8O5S2/c31-21-14-12-20(13-15-21)26(38-45(42,43)18-19-7-2-1-3-8-19)28(41)35-17-25(39)36-23(10-6-16-34-30(32)33)27(40)29-37-22-9-4-5-11-24(22)44-29/h1-5,7-9,11,20-21,23,26,38H,6,10,12-18,31H2,(H,35,41)(H,36,39)(H4,32,33,34)/t20?,21?,23-,26+/m0/s1. The summed E-state index contributed by atoms with van der Waals surface area (Å²) in [5.74, 6) is -2.26. The summed E-state index contributed by atoms with van der Waals surface area (Å²) < 4.78 is 29.6. The zero-order chi connectivity index (χ0) is 32.4. The molecule has 9 N–H and O–H groups in total. The van der Waals surface area contributed by atoms with Crippen molar-refractivity contribution >= 4 is 55.1 Å². The molecule has 2 aromatic carbocycles. The summed E-state index contributed by atoms with van der Waals surface area (Å²) in [6.45, 7) is -0.200. The minimum Gasteiger partial charge on any atom is -0.370 e. The van der Waals surface area contributed by atoms with Gasteiger partial charge < -0.3 is 27.8 Å². The van der Waals surface area contributed by atoms with Gasteiger partial charge in [0.15, 0.2) is 11.0 Å². The Balaban J connectivity index is 1.43. The Morgan fingerprint density at radius 3 is 2.38 bits per heavy atom. The molecule has 0 unspecified atom stereocenters. The predicted octanol–water partition coefficient (Wildman–Crippen LogP) is 1.14. The number of nitrogens with one attached hydrogen (secondary N) is 3. The molecule has 4 rings (SSSR count). The summed E-state index contributed by atoms with van der Waals surface area (Å²) in [6, 6.07) is 14.0. The van der Waals surface area contributed by atoms with E-state index in [0.717, 1.165) is 4.70 Å². The first-order valence-electron chi connectivity index (χ1n) is 14.8. The molecular formula is C30H40N8O5S2. The molecule has 0 aliphatic heterocycles. The molecule has 15 heteroatoms. The van der Waals surface area contributed by atoms with Gasteiger partial charge in [0, 0.05) is 12.6 Å². The minimum absolute atomic E-state index is 0.00598. The molecule has 0 spiro atoms. The number of ketones is 1. The van der Waals surface area contributed by atoms with Gasteiger partial charge in [-0.25, -0.2) is 18.1 Å². The fourth-order valence-electron chi connectivity index (χ4n) is 5.29. The fraction of sp³-hybridized carbons (Fsp3) is 0.433. The second-order valence-electron chi connectivity index (χ2n) is 11.2. The van der Waals surface area contributed by atoms with Gasteiger partial charge in [-0.1, -0.05) is 42.5 Å². The molecule has 1 heterocycles. The van der Waals surface area contributed by atoms with Crippen molar-refractivity contribution in [2.75, 3.05) is 13.1 Å². The summed E-state index contributed by atoms with van der Waals surface area (Å²) in [7, 11) is -3.89. The lowest BCUT2D eigenvalue weighted by Crippen LogP contribution is -2.54. The summed E-state index contributed by atoms with van der Waals surface area (Å²) in [4.78, 5) is 48.3. The Hall–Kier alpha value is -3.92. The number of nitrogens with zero attached hydrogens (tertiary/aromatic N) is 2. The number of carbonyl (C=O) groups excluding carboxylic acids is 3. The van der Waals surface area contributed by atoms with E-state index < -0.39 is 40.5 Å². The smallest absolute Gasteiger partial charge is 0.239 e. The van der Waals surface area contributed by atoms with E-state index in [2.05, 4.69) is 25.3 Å². The molecule has 1 aliphatic rings. The number of hydrogen-bond acceptors (Lipinski definition) is 9. The second kappa shape index (κ2) is 15.9. The largest absolute Gasteiger partial charge is 0.370 e. The maximum Gasteiger partial charge on any atom is 0.239 e. The molecule has 242 valence electrons. The predicted molar refractivity (Wildman–Crippen MR) is 175 cm³/mol. The van der Waals surface area contributed by atoms with Crippen molar-refractivity contribution in [1.29, 1.82) is 0 Å². The van der Waals surface area contributed by atoms with E-state index in [0.29, 0.717) is 43.2 Å². The third-order valence-corrected chi connectivity index (χ3v) is 9.98. The second-order valence-corrected chi connectivity index (χ2v) is 13.9. The van der Waals surface area contributed by atoms with Crippen LogP contribution in [-0.2, 0) is 25.4 Å². The highest BCUT2D eigenvalue weighted by Gasteiger charge is 2.35. The van der Waals surface area contributed by atoms with Gasteiger partial charge in [0.1, 0.15) is 6.04 Å². The number of aromatic nitrogens is 1. The van der Waals surface area contributed by atoms with Gasteiger partial charge >= 0.3 is 0 Å². The monoisotopic (exact) mass is 656 g/mol. The molecule has 1 fully saturated rings. The number of thiazole rings is 1. The van der Waals surface area contributed by atoms with Crippen LogP contribution in [0.15, 0.2) is 59.6 Å². The van der Waals surface area contributed by atoms with Crippen LogP contribution in [0, 0.1) is 5.92 Å². The summed E-state index contributed by atoms with van der Waals surface area (Å²) in [6.07, 6.45) is 3.08. The highest BCUT2D eigenvalue weighted by Crippen LogP contribution is 2.27. The number of para-hydroxylation sites is 1. The molecule has 1 saturated carbocycles. The number of guanidine groups is 1. The van der Waals surface area contributed by atoms with Crippen molar-refractivity contribution in [2.45, 2.75) is 62.4 Å². The molecule has 2 atom stereocenters. The maximum absolute atomic E-state index is 13.4.